The summed E-state index contributed by atoms with van der Waals surface area (Å²) in [5, 5.41) is 0. The van der Waals surface area contributed by atoms with Crippen molar-refractivity contribution in [3.8, 4) is 0 Å². The van der Waals surface area contributed by atoms with Crippen LogP contribution in [-0.4, -0.2) is 17.4 Å². The number of benzene rings is 1. The summed E-state index contributed by atoms with van der Waals surface area (Å²) >= 11 is 3.63. The maximum absolute atomic E-state index is 12.9. The molecule has 2 nitrogen and oxygen atoms in total. The first-order chi connectivity index (χ1) is 10.1. The summed E-state index contributed by atoms with van der Waals surface area (Å²) < 4.78 is 1.10. The van der Waals surface area contributed by atoms with Crippen molar-refractivity contribution in [2.75, 3.05) is 6.54 Å². The summed E-state index contributed by atoms with van der Waals surface area (Å²) in [5.41, 5.74) is 1.21. The molecule has 0 heterocycles. The summed E-state index contributed by atoms with van der Waals surface area (Å²) in [5.74, 6) is 2.39. The van der Waals surface area contributed by atoms with E-state index in [9.17, 15) is 4.79 Å². The van der Waals surface area contributed by atoms with E-state index in [2.05, 4.69) is 52.9 Å². The second kappa shape index (κ2) is 6.12. The zero-order valence-corrected chi connectivity index (χ0v) is 14.5. The van der Waals surface area contributed by atoms with E-state index in [1.807, 2.05) is 6.07 Å². The molecule has 0 radical (unpaired) electrons. The molecule has 2 fully saturated rings. The molecule has 1 aromatic rings. The normalized spacial score (nSPS) is 28.0. The molecule has 1 amide bonds. The summed E-state index contributed by atoms with van der Waals surface area (Å²) in [7, 11) is 0. The Labute approximate surface area is 136 Å². The van der Waals surface area contributed by atoms with Crippen molar-refractivity contribution >= 4 is 21.8 Å². The average molecular weight is 350 g/mol. The molecule has 3 atom stereocenters. The van der Waals surface area contributed by atoms with E-state index < -0.39 is 0 Å². The average Bonchev–Trinajstić information content (AvgIpc) is 3.10. The van der Waals surface area contributed by atoms with Gasteiger partial charge in [0.2, 0.25) is 5.91 Å². The van der Waals surface area contributed by atoms with Crippen molar-refractivity contribution in [3.05, 3.63) is 34.3 Å². The molecule has 0 bridgehead atoms. The van der Waals surface area contributed by atoms with Crippen LogP contribution < -0.4 is 0 Å². The molecule has 1 aromatic carbocycles. The van der Waals surface area contributed by atoms with Crippen LogP contribution in [-0.2, 0) is 4.79 Å². The van der Waals surface area contributed by atoms with Crippen LogP contribution >= 0.6 is 15.9 Å². The van der Waals surface area contributed by atoms with Crippen LogP contribution in [0.1, 0.15) is 51.1 Å². The van der Waals surface area contributed by atoms with E-state index in [4.69, 9.17) is 0 Å². The molecule has 114 valence electrons. The molecular weight excluding hydrogens is 326 g/mol. The summed E-state index contributed by atoms with van der Waals surface area (Å²) in [6.07, 6.45) is 4.65. The van der Waals surface area contributed by atoms with Crippen molar-refractivity contribution in [2.45, 2.75) is 45.6 Å². The monoisotopic (exact) mass is 349 g/mol. The highest BCUT2D eigenvalue weighted by Gasteiger charge is 2.49. The topological polar surface area (TPSA) is 20.3 Å². The predicted octanol–water partition coefficient (Wildman–Crippen LogP) is 4.79. The van der Waals surface area contributed by atoms with Gasteiger partial charge in [0.05, 0.1) is 6.04 Å². The number of fused-ring (bicyclic) bond motifs is 1. The first-order valence-electron chi connectivity index (χ1n) is 8.16. The fourth-order valence-corrected chi connectivity index (χ4v) is 4.48. The van der Waals surface area contributed by atoms with Crippen LogP contribution in [0, 0.1) is 17.8 Å². The molecule has 3 rings (SSSR count). The molecule has 0 saturated heterocycles. The quantitative estimate of drug-likeness (QED) is 0.747. The van der Waals surface area contributed by atoms with E-state index >= 15 is 0 Å². The van der Waals surface area contributed by atoms with Gasteiger partial charge in [-0.1, -0.05) is 41.1 Å². The highest BCUT2D eigenvalue weighted by Crippen LogP contribution is 2.55. The van der Waals surface area contributed by atoms with E-state index in [0.29, 0.717) is 5.91 Å². The van der Waals surface area contributed by atoms with Gasteiger partial charge in [-0.15, -0.1) is 0 Å². The molecule has 21 heavy (non-hydrogen) atoms. The highest BCUT2D eigenvalue weighted by atomic mass is 79.9. The Morgan fingerprint density at radius 3 is 2.57 bits per heavy atom. The molecule has 2 saturated carbocycles. The first kappa shape index (κ1) is 15.1. The number of rotatable bonds is 5. The van der Waals surface area contributed by atoms with Crippen LogP contribution in [0.2, 0.25) is 0 Å². The number of carbonyl (C=O) groups excluding carboxylic acids is 1. The fraction of sp³-hybridized carbons (Fsp3) is 0.611. The lowest BCUT2D eigenvalue weighted by molar-refractivity contribution is -0.138. The smallest absolute Gasteiger partial charge is 0.226 e. The Bertz CT molecular complexity index is 520. The van der Waals surface area contributed by atoms with Gasteiger partial charge < -0.3 is 4.90 Å². The Kier molecular flexibility index (Phi) is 4.39. The predicted molar refractivity (Wildman–Crippen MR) is 88.9 cm³/mol. The minimum absolute atomic E-state index is 0.143. The number of halogens is 1. The van der Waals surface area contributed by atoms with Crippen molar-refractivity contribution in [3.63, 3.8) is 0 Å². The van der Waals surface area contributed by atoms with Crippen LogP contribution in [0.3, 0.4) is 0 Å². The highest BCUT2D eigenvalue weighted by molar-refractivity contribution is 9.10. The molecular formula is C18H24BrNO. The second-order valence-electron chi connectivity index (χ2n) is 6.65. The summed E-state index contributed by atoms with van der Waals surface area (Å²) in [6.45, 7) is 5.16. The van der Waals surface area contributed by atoms with E-state index in [1.54, 1.807) is 0 Å². The second-order valence-corrected chi connectivity index (χ2v) is 7.51. The number of amides is 1. The SMILES string of the molecule is CCCN(C(=O)C1CC2CC2C1)C(C)c1ccccc1Br. The third-order valence-corrected chi connectivity index (χ3v) is 5.89. The van der Waals surface area contributed by atoms with Gasteiger partial charge in [0, 0.05) is 16.9 Å². The van der Waals surface area contributed by atoms with Crippen molar-refractivity contribution in [2.24, 2.45) is 17.8 Å². The lowest BCUT2D eigenvalue weighted by Gasteiger charge is -2.32. The van der Waals surface area contributed by atoms with Crippen molar-refractivity contribution in [1.29, 1.82) is 0 Å². The van der Waals surface area contributed by atoms with Gasteiger partial charge in [0.25, 0.3) is 0 Å². The Hall–Kier alpha value is -0.830. The molecule has 2 aliphatic rings. The zero-order valence-electron chi connectivity index (χ0n) is 12.9. The molecule has 0 aromatic heterocycles. The third-order valence-electron chi connectivity index (χ3n) is 5.16. The van der Waals surface area contributed by atoms with Gasteiger partial charge in [0.15, 0.2) is 0 Å². The largest absolute Gasteiger partial charge is 0.336 e. The van der Waals surface area contributed by atoms with Gasteiger partial charge in [-0.3, -0.25) is 4.79 Å². The van der Waals surface area contributed by atoms with Crippen LogP contribution in [0.25, 0.3) is 0 Å². The fourth-order valence-electron chi connectivity index (χ4n) is 3.87. The van der Waals surface area contributed by atoms with Crippen LogP contribution in [0.5, 0.6) is 0 Å². The molecule has 3 heteroatoms. The Balaban J connectivity index is 1.76. The van der Waals surface area contributed by atoms with Gasteiger partial charge in [-0.25, -0.2) is 0 Å². The van der Waals surface area contributed by atoms with Gasteiger partial charge >= 0.3 is 0 Å². The van der Waals surface area contributed by atoms with Crippen molar-refractivity contribution in [1.82, 2.24) is 4.90 Å². The minimum Gasteiger partial charge on any atom is -0.336 e. The number of hydrogen-bond acceptors (Lipinski definition) is 1. The minimum atomic E-state index is 0.143. The maximum Gasteiger partial charge on any atom is 0.226 e. The molecule has 0 N–H and O–H groups in total. The van der Waals surface area contributed by atoms with Crippen LogP contribution in [0.4, 0.5) is 0 Å². The molecule has 0 aliphatic heterocycles. The number of carbonyl (C=O) groups is 1. The van der Waals surface area contributed by atoms with E-state index in [0.717, 1.165) is 42.1 Å². The van der Waals surface area contributed by atoms with Gasteiger partial charge in [0.1, 0.15) is 0 Å². The standard InChI is InChI=1S/C18H24BrNO/c1-3-8-20(12(2)16-6-4-5-7-17(16)19)18(21)15-10-13-9-14(13)11-15/h4-7,12-15H,3,8-11H2,1-2H3. The maximum atomic E-state index is 12.9. The van der Waals surface area contributed by atoms with Crippen LogP contribution in [0.15, 0.2) is 28.7 Å². The lowest BCUT2D eigenvalue weighted by atomic mass is 9.99. The Morgan fingerprint density at radius 1 is 1.29 bits per heavy atom. The summed E-state index contributed by atoms with van der Waals surface area (Å²) in [4.78, 5) is 15.0. The molecule has 0 spiro atoms. The third kappa shape index (κ3) is 3.03. The molecule has 2 aliphatic carbocycles. The van der Waals surface area contributed by atoms with Gasteiger partial charge in [-0.05, 0) is 56.1 Å². The van der Waals surface area contributed by atoms with E-state index in [1.165, 1.54) is 12.0 Å². The van der Waals surface area contributed by atoms with Gasteiger partial charge in [-0.2, -0.15) is 0 Å². The zero-order chi connectivity index (χ0) is 15.0. The summed E-state index contributed by atoms with van der Waals surface area (Å²) in [6, 6.07) is 8.40. The first-order valence-corrected chi connectivity index (χ1v) is 8.96. The molecule has 3 unspecified atom stereocenters. The van der Waals surface area contributed by atoms with Crippen molar-refractivity contribution < 1.29 is 4.79 Å². The number of hydrogen-bond donors (Lipinski definition) is 0. The Morgan fingerprint density at radius 2 is 1.95 bits per heavy atom. The number of nitrogens with zero attached hydrogens (tertiary/aromatic N) is 1. The lowest BCUT2D eigenvalue weighted by Crippen LogP contribution is -2.38. The van der Waals surface area contributed by atoms with E-state index in [-0.39, 0.29) is 12.0 Å².